The van der Waals surface area contributed by atoms with E-state index in [2.05, 4.69) is 20.8 Å². The summed E-state index contributed by atoms with van der Waals surface area (Å²) in [5, 5.41) is 13.8. The summed E-state index contributed by atoms with van der Waals surface area (Å²) in [6.07, 6.45) is 3.65. The molecule has 8 nitrogen and oxygen atoms in total. The lowest BCUT2D eigenvalue weighted by atomic mass is 9.90. The van der Waals surface area contributed by atoms with Crippen LogP contribution in [0.2, 0.25) is 0 Å². The Balaban J connectivity index is 1.60. The van der Waals surface area contributed by atoms with Gasteiger partial charge in [0.2, 0.25) is 5.95 Å². The normalized spacial score (nSPS) is 23.7. The van der Waals surface area contributed by atoms with Crippen molar-refractivity contribution in [3.05, 3.63) is 47.4 Å². The molecule has 4 N–H and O–H groups in total. The molecule has 29 heavy (non-hydrogen) atoms. The molecule has 1 fully saturated rings. The second-order valence-electron chi connectivity index (χ2n) is 7.46. The van der Waals surface area contributed by atoms with Crippen molar-refractivity contribution < 1.29 is 18.3 Å². The van der Waals surface area contributed by atoms with Crippen molar-refractivity contribution in [3.8, 4) is 5.69 Å². The van der Waals surface area contributed by atoms with Gasteiger partial charge < -0.3 is 21.1 Å². The molecule has 1 aromatic carbocycles. The summed E-state index contributed by atoms with van der Waals surface area (Å²) in [4.78, 5) is 12.5. The first-order chi connectivity index (χ1) is 13.9. The number of nitrogens with two attached hydrogens (primary N) is 1. The van der Waals surface area contributed by atoms with Crippen LogP contribution in [0.5, 0.6) is 0 Å². The van der Waals surface area contributed by atoms with E-state index in [0.29, 0.717) is 31.2 Å². The van der Waals surface area contributed by atoms with Gasteiger partial charge in [0, 0.05) is 19.7 Å². The fraction of sp³-hybridized carbons (Fsp3) is 0.421. The highest BCUT2D eigenvalue weighted by Gasteiger charge is 2.38. The number of hydrogen-bond donors (Lipinski definition) is 3. The van der Waals surface area contributed by atoms with Crippen molar-refractivity contribution in [1.29, 1.82) is 0 Å². The zero-order valence-corrected chi connectivity index (χ0v) is 15.9. The van der Waals surface area contributed by atoms with E-state index >= 15 is 0 Å². The zero-order chi connectivity index (χ0) is 20.6. The number of carbonyl (C=O) groups excluding carboxylic acids is 1. The third-order valence-electron chi connectivity index (χ3n) is 5.24. The average molecular weight is 404 g/mol. The van der Waals surface area contributed by atoms with Crippen molar-refractivity contribution >= 4 is 11.9 Å². The summed E-state index contributed by atoms with van der Waals surface area (Å²) in [5.74, 6) is -2.08. The van der Waals surface area contributed by atoms with Gasteiger partial charge in [-0.1, -0.05) is 6.07 Å². The van der Waals surface area contributed by atoms with Crippen molar-refractivity contribution in [3.63, 3.8) is 0 Å². The monoisotopic (exact) mass is 404 g/mol. The topological polar surface area (TPSA) is 107 Å². The van der Waals surface area contributed by atoms with E-state index in [1.54, 1.807) is 6.08 Å². The van der Waals surface area contributed by atoms with Gasteiger partial charge in [-0.2, -0.15) is 0 Å². The van der Waals surface area contributed by atoms with Gasteiger partial charge in [-0.3, -0.25) is 9.36 Å². The Morgan fingerprint density at radius 2 is 2.28 bits per heavy atom. The lowest BCUT2D eigenvalue weighted by Crippen LogP contribution is -2.35. The first-order valence-corrected chi connectivity index (χ1v) is 9.41. The second kappa shape index (κ2) is 7.43. The highest BCUT2D eigenvalue weighted by atomic mass is 19.2. The molecule has 1 amide bonds. The number of rotatable bonds is 5. The van der Waals surface area contributed by atoms with E-state index in [4.69, 9.17) is 10.5 Å². The number of anilines is 1. The molecule has 2 aromatic rings. The third kappa shape index (κ3) is 3.55. The Morgan fingerprint density at radius 1 is 1.45 bits per heavy atom. The summed E-state index contributed by atoms with van der Waals surface area (Å²) in [7, 11) is 0. The SMILES string of the molecule is CC1(c2nnc(N)n2-c2cccc(F)c2F)C=C(C(=O)NC[C@@H]2CCCO2)NC1. The summed E-state index contributed by atoms with van der Waals surface area (Å²) >= 11 is 0. The predicted octanol–water partition coefficient (Wildman–Crippen LogP) is 1.17. The van der Waals surface area contributed by atoms with Crippen molar-refractivity contribution in [2.75, 3.05) is 25.4 Å². The summed E-state index contributed by atoms with van der Waals surface area (Å²) < 4.78 is 34.9. The number of nitrogens with zero attached hydrogens (tertiary/aromatic N) is 3. The molecular formula is C19H22F2N6O2. The van der Waals surface area contributed by atoms with E-state index in [1.807, 2.05) is 6.92 Å². The van der Waals surface area contributed by atoms with Crippen LogP contribution in [0.25, 0.3) is 5.69 Å². The molecule has 1 saturated heterocycles. The molecule has 2 aliphatic heterocycles. The number of nitrogen functional groups attached to an aromatic ring is 1. The number of ether oxygens (including phenoxy) is 1. The van der Waals surface area contributed by atoms with Crippen LogP contribution in [0.3, 0.4) is 0 Å². The molecule has 0 radical (unpaired) electrons. The summed E-state index contributed by atoms with van der Waals surface area (Å²) in [6.45, 7) is 3.29. The van der Waals surface area contributed by atoms with Crippen molar-refractivity contribution in [1.82, 2.24) is 25.4 Å². The average Bonchev–Trinajstić information content (AvgIpc) is 3.43. The highest BCUT2D eigenvalue weighted by Crippen LogP contribution is 2.32. The van der Waals surface area contributed by atoms with Crippen LogP contribution in [-0.4, -0.2) is 46.5 Å². The van der Waals surface area contributed by atoms with Crippen LogP contribution >= 0.6 is 0 Å². The van der Waals surface area contributed by atoms with Gasteiger partial charge in [0.25, 0.3) is 5.91 Å². The number of carbonyl (C=O) groups is 1. The van der Waals surface area contributed by atoms with Crippen LogP contribution in [0.4, 0.5) is 14.7 Å². The van der Waals surface area contributed by atoms with E-state index in [-0.39, 0.29) is 23.6 Å². The maximum absolute atomic E-state index is 14.4. The molecule has 154 valence electrons. The van der Waals surface area contributed by atoms with E-state index < -0.39 is 17.0 Å². The first-order valence-electron chi connectivity index (χ1n) is 9.41. The lowest BCUT2D eigenvalue weighted by Gasteiger charge is -2.21. The van der Waals surface area contributed by atoms with Gasteiger partial charge in [-0.25, -0.2) is 8.78 Å². The highest BCUT2D eigenvalue weighted by molar-refractivity contribution is 5.93. The molecule has 0 aliphatic carbocycles. The largest absolute Gasteiger partial charge is 0.380 e. The second-order valence-corrected chi connectivity index (χ2v) is 7.46. The van der Waals surface area contributed by atoms with Crippen LogP contribution in [0.1, 0.15) is 25.6 Å². The Labute approximate surface area is 166 Å². The van der Waals surface area contributed by atoms with E-state index in [1.165, 1.54) is 16.7 Å². The van der Waals surface area contributed by atoms with Gasteiger partial charge in [0.05, 0.1) is 22.9 Å². The van der Waals surface area contributed by atoms with Crippen LogP contribution in [0.15, 0.2) is 30.0 Å². The van der Waals surface area contributed by atoms with E-state index in [0.717, 1.165) is 18.9 Å². The quantitative estimate of drug-likeness (QED) is 0.691. The molecule has 3 heterocycles. The maximum Gasteiger partial charge on any atom is 0.267 e. The number of aromatic nitrogens is 3. The number of nitrogens with one attached hydrogen (secondary N) is 2. The summed E-state index contributed by atoms with van der Waals surface area (Å²) in [6, 6.07) is 3.80. The van der Waals surface area contributed by atoms with Crippen LogP contribution in [-0.2, 0) is 14.9 Å². The van der Waals surface area contributed by atoms with Gasteiger partial charge >= 0.3 is 0 Å². The number of amides is 1. The smallest absolute Gasteiger partial charge is 0.267 e. The summed E-state index contributed by atoms with van der Waals surface area (Å²) in [5.41, 5.74) is 5.38. The van der Waals surface area contributed by atoms with Crippen molar-refractivity contribution in [2.24, 2.45) is 0 Å². The standard InChI is InChI=1S/C19H22F2N6O2/c1-19(8-13(24-10-19)16(28)23-9-11-4-3-7-29-11)17-25-26-18(22)27(17)14-6-2-5-12(20)15(14)21/h2,5-6,8,11,24H,3-4,7,9-10H2,1H3,(H2,22,26)(H,23,28)/t11-,19?/m0/s1. The van der Waals surface area contributed by atoms with Gasteiger partial charge in [-0.05, 0) is 38.0 Å². The molecule has 1 aromatic heterocycles. The van der Waals surface area contributed by atoms with Gasteiger partial charge in [0.15, 0.2) is 17.5 Å². The number of benzene rings is 1. The molecule has 0 spiro atoms. The zero-order valence-electron chi connectivity index (χ0n) is 15.9. The van der Waals surface area contributed by atoms with Crippen LogP contribution < -0.4 is 16.4 Å². The minimum atomic E-state index is -1.05. The molecule has 0 saturated carbocycles. The molecule has 10 heteroatoms. The fourth-order valence-corrected chi connectivity index (χ4v) is 3.66. The van der Waals surface area contributed by atoms with Crippen LogP contribution in [0, 0.1) is 11.6 Å². The molecule has 4 rings (SSSR count). The maximum atomic E-state index is 14.4. The minimum absolute atomic E-state index is 0.0335. The molecule has 2 atom stereocenters. The van der Waals surface area contributed by atoms with Gasteiger partial charge in [0.1, 0.15) is 0 Å². The Morgan fingerprint density at radius 3 is 3.03 bits per heavy atom. The fourth-order valence-electron chi connectivity index (χ4n) is 3.66. The molecule has 0 bridgehead atoms. The molecule has 1 unspecified atom stereocenters. The van der Waals surface area contributed by atoms with E-state index in [9.17, 15) is 13.6 Å². The number of hydrogen-bond acceptors (Lipinski definition) is 6. The lowest BCUT2D eigenvalue weighted by molar-refractivity contribution is -0.118. The Bertz CT molecular complexity index is 970. The van der Waals surface area contributed by atoms with Gasteiger partial charge in [-0.15, -0.1) is 10.2 Å². The third-order valence-corrected chi connectivity index (χ3v) is 5.24. The van der Waals surface area contributed by atoms with Crippen molar-refractivity contribution in [2.45, 2.75) is 31.3 Å². The minimum Gasteiger partial charge on any atom is -0.380 e. The first kappa shape index (κ1) is 19.3. The molecule has 2 aliphatic rings. The predicted molar refractivity (Wildman–Crippen MR) is 101 cm³/mol. The number of halogens is 2. The molecular weight excluding hydrogens is 382 g/mol. The Kier molecular flexibility index (Phi) is 4.95. The Hall–Kier alpha value is -3.01.